The summed E-state index contributed by atoms with van der Waals surface area (Å²) in [7, 11) is 1.57. The van der Waals surface area contributed by atoms with Crippen molar-refractivity contribution in [1.82, 2.24) is 10.2 Å². The zero-order valence-electron chi connectivity index (χ0n) is 18.2. The first-order chi connectivity index (χ1) is 15.5. The zero-order valence-corrected chi connectivity index (χ0v) is 20.4. The van der Waals surface area contributed by atoms with Crippen molar-refractivity contribution in [3.63, 3.8) is 0 Å². The molecule has 176 valence electrons. The van der Waals surface area contributed by atoms with Gasteiger partial charge in [-0.25, -0.2) is 0 Å². The maximum Gasteiger partial charge on any atom is 0.247 e. The molecular formula is C23H31IN2O6. The molecule has 3 atom stereocenters. The molecule has 1 aromatic rings. The molecule has 0 saturated heterocycles. The molecule has 1 saturated carbocycles. The number of halogens is 1. The molecule has 0 bridgehead atoms. The maximum absolute atomic E-state index is 13.2. The van der Waals surface area contributed by atoms with E-state index in [1.54, 1.807) is 24.2 Å². The first-order valence-electron chi connectivity index (χ1n) is 10.9. The second-order valence-electron chi connectivity index (χ2n) is 8.10. The third-order valence-corrected chi connectivity index (χ3v) is 6.88. The fourth-order valence-corrected chi connectivity index (χ4v) is 4.50. The number of nitrogens with zero attached hydrogens (tertiary/aromatic N) is 1. The predicted molar refractivity (Wildman–Crippen MR) is 127 cm³/mol. The number of carbonyl (C=O) groups excluding carboxylic acids is 2. The van der Waals surface area contributed by atoms with Crippen LogP contribution < -0.4 is 10.1 Å². The van der Waals surface area contributed by atoms with Crippen molar-refractivity contribution in [3.8, 4) is 5.75 Å². The Morgan fingerprint density at radius 3 is 2.66 bits per heavy atom. The van der Waals surface area contributed by atoms with Crippen LogP contribution in [0.4, 0.5) is 0 Å². The Hall–Kier alpha value is -1.69. The number of nitrogens with one attached hydrogen (secondary N) is 1. The summed E-state index contributed by atoms with van der Waals surface area (Å²) in [6, 6.07) is 6.81. The minimum absolute atomic E-state index is 0.0117. The van der Waals surface area contributed by atoms with Gasteiger partial charge in [0, 0.05) is 38.1 Å². The highest BCUT2D eigenvalue weighted by atomic mass is 127. The van der Waals surface area contributed by atoms with Crippen LogP contribution in [0.3, 0.4) is 0 Å². The van der Waals surface area contributed by atoms with Crippen LogP contribution in [0.1, 0.15) is 25.7 Å². The second kappa shape index (κ2) is 12.0. The van der Waals surface area contributed by atoms with Gasteiger partial charge in [0.25, 0.3) is 0 Å². The van der Waals surface area contributed by atoms with E-state index in [9.17, 15) is 14.7 Å². The monoisotopic (exact) mass is 558 g/mol. The number of rotatable bonds is 10. The van der Waals surface area contributed by atoms with Gasteiger partial charge in [-0.1, -0.05) is 18.6 Å². The maximum atomic E-state index is 13.2. The molecule has 2 aliphatic carbocycles. The van der Waals surface area contributed by atoms with Crippen molar-refractivity contribution >= 4 is 34.4 Å². The molecule has 3 rings (SSSR count). The van der Waals surface area contributed by atoms with Crippen molar-refractivity contribution in [2.24, 2.45) is 5.92 Å². The zero-order chi connectivity index (χ0) is 23.1. The van der Waals surface area contributed by atoms with Crippen LogP contribution in [-0.2, 0) is 14.3 Å². The van der Waals surface area contributed by atoms with E-state index in [4.69, 9.17) is 14.6 Å². The highest BCUT2D eigenvalue weighted by molar-refractivity contribution is 14.1. The molecule has 0 heterocycles. The number of ether oxygens (including phenoxy) is 2. The molecule has 3 N–H and O–H groups in total. The summed E-state index contributed by atoms with van der Waals surface area (Å²) in [6.45, 7) is 0.613. The first kappa shape index (κ1) is 24.9. The lowest BCUT2D eigenvalue weighted by molar-refractivity contribution is -0.146. The third-order valence-electron chi connectivity index (χ3n) is 5.99. The first-order valence-corrected chi connectivity index (χ1v) is 12.0. The molecule has 0 spiro atoms. The fourth-order valence-electron chi connectivity index (χ4n) is 3.99. The van der Waals surface area contributed by atoms with Gasteiger partial charge in [0.05, 0.1) is 22.8 Å². The summed E-state index contributed by atoms with van der Waals surface area (Å²) in [6.07, 6.45) is 2.71. The summed E-state index contributed by atoms with van der Waals surface area (Å²) < 4.78 is 12.2. The molecule has 2 aliphatic rings. The standard InChI is InChI=1S/C23H31IN2O6/c1-31-12-10-26(23(30)15-5-4-6-15)18-13-16(22(29)25-9-11-27)14-20(21(18)28)32-19-8-3-2-7-17(19)24/h2-3,7-8,14-15,18,20-21,27-28H,4-6,9-13H2,1H3,(H,25,29)/t18-,20+,21+/m1/s1. The molecule has 0 unspecified atom stereocenters. The minimum atomic E-state index is -1.01. The summed E-state index contributed by atoms with van der Waals surface area (Å²) in [5.41, 5.74) is 0.425. The van der Waals surface area contributed by atoms with Crippen LogP contribution in [-0.4, -0.2) is 78.6 Å². The van der Waals surface area contributed by atoms with Gasteiger partial charge in [0.1, 0.15) is 18.0 Å². The Bertz CT molecular complexity index is 828. The SMILES string of the molecule is COCCN(C(=O)C1CCC1)[C@@H]1CC(C(=O)NCCO)=C[C@H](Oc2ccccc2I)[C@H]1O. The fraction of sp³-hybridized carbons (Fsp3) is 0.565. The Kier molecular flexibility index (Phi) is 9.33. The predicted octanol–water partition coefficient (Wildman–Crippen LogP) is 1.48. The average molecular weight is 558 g/mol. The number of aliphatic hydroxyl groups is 2. The molecule has 32 heavy (non-hydrogen) atoms. The van der Waals surface area contributed by atoms with Crippen LogP contribution in [0.5, 0.6) is 5.75 Å². The number of benzene rings is 1. The number of hydrogen-bond acceptors (Lipinski definition) is 6. The topological polar surface area (TPSA) is 108 Å². The van der Waals surface area contributed by atoms with Gasteiger partial charge in [0.2, 0.25) is 11.8 Å². The van der Waals surface area contributed by atoms with Crippen molar-refractivity contribution in [1.29, 1.82) is 0 Å². The van der Waals surface area contributed by atoms with Crippen LogP contribution in [0.15, 0.2) is 35.9 Å². The normalized spacial score (nSPS) is 23.1. The lowest BCUT2D eigenvalue weighted by Gasteiger charge is -2.42. The van der Waals surface area contributed by atoms with Gasteiger partial charge in [-0.3, -0.25) is 9.59 Å². The minimum Gasteiger partial charge on any atom is -0.482 e. The molecule has 0 aromatic heterocycles. The molecule has 8 nitrogen and oxygen atoms in total. The van der Waals surface area contributed by atoms with Crippen molar-refractivity contribution in [3.05, 3.63) is 39.5 Å². The number of aliphatic hydroxyl groups excluding tert-OH is 2. The smallest absolute Gasteiger partial charge is 0.247 e. The summed E-state index contributed by atoms with van der Waals surface area (Å²) >= 11 is 2.15. The molecule has 0 radical (unpaired) electrons. The van der Waals surface area contributed by atoms with Crippen molar-refractivity contribution in [2.75, 3.05) is 33.4 Å². The highest BCUT2D eigenvalue weighted by Gasteiger charge is 2.42. The van der Waals surface area contributed by atoms with Gasteiger partial charge in [0.15, 0.2) is 0 Å². The number of amides is 2. The van der Waals surface area contributed by atoms with Crippen LogP contribution in [0.2, 0.25) is 0 Å². The number of para-hydroxylation sites is 1. The highest BCUT2D eigenvalue weighted by Crippen LogP contribution is 2.33. The Labute approximate surface area is 202 Å². The molecule has 1 aromatic carbocycles. The van der Waals surface area contributed by atoms with Crippen LogP contribution in [0.25, 0.3) is 0 Å². The second-order valence-corrected chi connectivity index (χ2v) is 9.26. The molecule has 0 aliphatic heterocycles. The van der Waals surface area contributed by atoms with Gasteiger partial charge in [-0.05, 0) is 53.6 Å². The quantitative estimate of drug-likeness (QED) is 0.376. The Morgan fingerprint density at radius 2 is 2.03 bits per heavy atom. The summed E-state index contributed by atoms with van der Waals surface area (Å²) in [5, 5.41) is 23.0. The lowest BCUT2D eigenvalue weighted by Crippen LogP contribution is -2.57. The Balaban J connectivity index is 1.89. The van der Waals surface area contributed by atoms with Crippen LogP contribution >= 0.6 is 22.6 Å². The number of hydrogen-bond donors (Lipinski definition) is 3. The molecule has 9 heteroatoms. The van der Waals surface area contributed by atoms with Gasteiger partial charge >= 0.3 is 0 Å². The van der Waals surface area contributed by atoms with Gasteiger partial charge in [-0.2, -0.15) is 0 Å². The van der Waals surface area contributed by atoms with Crippen LogP contribution in [0, 0.1) is 9.49 Å². The van der Waals surface area contributed by atoms with E-state index in [0.29, 0.717) is 24.5 Å². The number of methoxy groups -OCH3 is 1. The number of carbonyl (C=O) groups is 2. The molecular weight excluding hydrogens is 527 g/mol. The van der Waals surface area contributed by atoms with E-state index >= 15 is 0 Å². The van der Waals surface area contributed by atoms with E-state index in [1.807, 2.05) is 18.2 Å². The van der Waals surface area contributed by atoms with Gasteiger partial charge < -0.3 is 29.9 Å². The van der Waals surface area contributed by atoms with E-state index in [1.165, 1.54) is 0 Å². The van der Waals surface area contributed by atoms with E-state index in [-0.39, 0.29) is 37.3 Å². The van der Waals surface area contributed by atoms with Crippen molar-refractivity contribution < 1.29 is 29.3 Å². The summed E-state index contributed by atoms with van der Waals surface area (Å²) in [4.78, 5) is 27.6. The Morgan fingerprint density at radius 1 is 1.28 bits per heavy atom. The van der Waals surface area contributed by atoms with E-state index in [2.05, 4.69) is 27.9 Å². The third kappa shape index (κ3) is 6.00. The largest absolute Gasteiger partial charge is 0.482 e. The van der Waals surface area contributed by atoms with Crippen molar-refractivity contribution in [2.45, 2.75) is 43.9 Å². The van der Waals surface area contributed by atoms with Gasteiger partial charge in [-0.15, -0.1) is 0 Å². The lowest BCUT2D eigenvalue weighted by atomic mass is 9.82. The summed E-state index contributed by atoms with van der Waals surface area (Å²) in [5.74, 6) is 0.196. The molecule has 2 amide bonds. The van der Waals surface area contributed by atoms with E-state index in [0.717, 1.165) is 22.8 Å². The van der Waals surface area contributed by atoms with E-state index < -0.39 is 18.2 Å². The average Bonchev–Trinajstić information content (AvgIpc) is 2.74. The molecule has 1 fully saturated rings.